The quantitative estimate of drug-likeness (QED) is 0.749. The fourth-order valence-corrected chi connectivity index (χ4v) is 1.62. The number of benzene rings is 1. The van der Waals surface area contributed by atoms with E-state index in [1.807, 2.05) is 50.3 Å². The van der Waals surface area contributed by atoms with Crippen LogP contribution in [0.4, 0.5) is 0 Å². The summed E-state index contributed by atoms with van der Waals surface area (Å²) in [5.41, 5.74) is 0.907. The van der Waals surface area contributed by atoms with Gasteiger partial charge in [-0.2, -0.15) is 0 Å². The van der Waals surface area contributed by atoms with Crippen molar-refractivity contribution in [3.63, 3.8) is 0 Å². The Bertz CT molecular complexity index is 447. The van der Waals surface area contributed by atoms with E-state index in [9.17, 15) is 0 Å². The first-order chi connectivity index (χ1) is 8.11. The van der Waals surface area contributed by atoms with Crippen molar-refractivity contribution < 1.29 is 9.47 Å². The molecule has 90 valence electrons. The molecule has 0 amide bonds. The van der Waals surface area contributed by atoms with Crippen molar-refractivity contribution >= 4 is 12.0 Å². The number of rotatable bonds is 3. The summed E-state index contributed by atoms with van der Waals surface area (Å²) in [7, 11) is 1.63. The van der Waals surface area contributed by atoms with Crippen LogP contribution in [0.25, 0.3) is 6.08 Å². The van der Waals surface area contributed by atoms with Crippen molar-refractivity contribution in [2.45, 2.75) is 19.4 Å². The zero-order valence-electron chi connectivity index (χ0n) is 10.4. The molecule has 3 heteroatoms. The number of hydrogen-bond acceptors (Lipinski definition) is 3. The van der Waals surface area contributed by atoms with Gasteiger partial charge in [0.1, 0.15) is 6.61 Å². The van der Waals surface area contributed by atoms with Crippen molar-refractivity contribution in [3.05, 3.63) is 41.7 Å². The van der Waals surface area contributed by atoms with Crippen LogP contribution < -0.4 is 0 Å². The van der Waals surface area contributed by atoms with Gasteiger partial charge in [-0.25, -0.2) is 4.99 Å². The van der Waals surface area contributed by atoms with Gasteiger partial charge < -0.3 is 9.47 Å². The predicted molar refractivity (Wildman–Crippen MR) is 68.9 cm³/mol. The molecule has 1 heterocycles. The van der Waals surface area contributed by atoms with Crippen LogP contribution >= 0.6 is 0 Å². The van der Waals surface area contributed by atoms with Crippen LogP contribution in [0.3, 0.4) is 0 Å². The van der Waals surface area contributed by atoms with E-state index in [4.69, 9.17) is 9.47 Å². The molecule has 0 bridgehead atoms. The highest BCUT2D eigenvalue weighted by Gasteiger charge is 2.28. The van der Waals surface area contributed by atoms with Gasteiger partial charge in [0.2, 0.25) is 0 Å². The molecule has 1 aromatic carbocycles. The Labute approximate surface area is 102 Å². The molecule has 17 heavy (non-hydrogen) atoms. The monoisotopic (exact) mass is 231 g/mol. The van der Waals surface area contributed by atoms with E-state index in [-0.39, 0.29) is 5.54 Å². The van der Waals surface area contributed by atoms with Crippen LogP contribution in [0.5, 0.6) is 0 Å². The maximum atomic E-state index is 5.55. The molecule has 1 aromatic rings. The average molecular weight is 231 g/mol. The molecule has 0 unspecified atom stereocenters. The Hall–Kier alpha value is -1.77. The highest BCUT2D eigenvalue weighted by atomic mass is 16.5. The normalized spacial score (nSPS) is 18.5. The molecule has 0 N–H and O–H groups in total. The fourth-order valence-electron chi connectivity index (χ4n) is 1.62. The number of methoxy groups -OCH3 is 1. The summed E-state index contributed by atoms with van der Waals surface area (Å²) in [6, 6.07) is 9.98. The SMILES string of the molecule is COC(=Cc1ccccc1)C1=NC(C)(C)CO1. The molecule has 1 aliphatic heterocycles. The molecule has 1 aliphatic rings. The second-order valence-electron chi connectivity index (χ2n) is 4.64. The van der Waals surface area contributed by atoms with E-state index < -0.39 is 0 Å². The van der Waals surface area contributed by atoms with Crippen molar-refractivity contribution in [2.75, 3.05) is 13.7 Å². The third-order valence-electron chi connectivity index (χ3n) is 2.49. The summed E-state index contributed by atoms with van der Waals surface area (Å²) in [6.07, 6.45) is 1.93. The van der Waals surface area contributed by atoms with E-state index in [1.165, 1.54) is 0 Å². The van der Waals surface area contributed by atoms with Gasteiger partial charge in [0.15, 0.2) is 5.76 Å². The predicted octanol–water partition coefficient (Wildman–Crippen LogP) is 2.88. The Morgan fingerprint density at radius 2 is 2.06 bits per heavy atom. The fraction of sp³-hybridized carbons (Fsp3) is 0.357. The summed E-state index contributed by atoms with van der Waals surface area (Å²) in [4.78, 5) is 4.49. The molecule has 0 fully saturated rings. The molecular formula is C14H17NO2. The largest absolute Gasteiger partial charge is 0.491 e. The van der Waals surface area contributed by atoms with Crippen molar-refractivity contribution in [1.82, 2.24) is 0 Å². The minimum absolute atomic E-state index is 0.163. The Kier molecular flexibility index (Phi) is 3.18. The van der Waals surface area contributed by atoms with Crippen LogP contribution in [0.1, 0.15) is 19.4 Å². The van der Waals surface area contributed by atoms with Crippen LogP contribution in [-0.4, -0.2) is 25.2 Å². The Morgan fingerprint density at radius 3 is 2.59 bits per heavy atom. The summed E-state index contributed by atoms with van der Waals surface area (Å²) in [5, 5.41) is 0. The minimum atomic E-state index is -0.163. The second-order valence-corrected chi connectivity index (χ2v) is 4.64. The summed E-state index contributed by atoms with van der Waals surface area (Å²) in [5.74, 6) is 1.25. The lowest BCUT2D eigenvalue weighted by molar-refractivity contribution is 0.253. The number of nitrogens with zero attached hydrogens (tertiary/aromatic N) is 1. The van der Waals surface area contributed by atoms with E-state index >= 15 is 0 Å². The van der Waals surface area contributed by atoms with Crippen molar-refractivity contribution in [1.29, 1.82) is 0 Å². The number of hydrogen-bond donors (Lipinski definition) is 0. The third kappa shape index (κ3) is 2.87. The van der Waals surface area contributed by atoms with E-state index in [1.54, 1.807) is 7.11 Å². The Balaban J connectivity index is 2.26. The van der Waals surface area contributed by atoms with Crippen LogP contribution in [-0.2, 0) is 9.47 Å². The lowest BCUT2D eigenvalue weighted by Crippen LogP contribution is -2.17. The van der Waals surface area contributed by atoms with Crippen molar-refractivity contribution in [3.8, 4) is 0 Å². The molecule has 0 saturated carbocycles. The van der Waals surface area contributed by atoms with Gasteiger partial charge >= 0.3 is 0 Å². The second kappa shape index (κ2) is 4.62. The maximum absolute atomic E-state index is 5.55. The van der Waals surface area contributed by atoms with Crippen LogP contribution in [0, 0.1) is 0 Å². The molecule has 3 nitrogen and oxygen atoms in total. The van der Waals surface area contributed by atoms with Gasteiger partial charge in [0.05, 0.1) is 12.6 Å². The third-order valence-corrected chi connectivity index (χ3v) is 2.49. The zero-order valence-corrected chi connectivity index (χ0v) is 10.4. The van der Waals surface area contributed by atoms with E-state index in [0.29, 0.717) is 18.3 Å². The lowest BCUT2D eigenvalue weighted by Gasteiger charge is -2.07. The molecule has 0 saturated heterocycles. The van der Waals surface area contributed by atoms with E-state index in [0.717, 1.165) is 5.56 Å². The van der Waals surface area contributed by atoms with Gasteiger partial charge in [-0.15, -0.1) is 0 Å². The molecule has 0 atom stereocenters. The van der Waals surface area contributed by atoms with Gasteiger partial charge in [0, 0.05) is 0 Å². The zero-order chi connectivity index (χ0) is 12.3. The Morgan fingerprint density at radius 1 is 1.35 bits per heavy atom. The van der Waals surface area contributed by atoms with E-state index in [2.05, 4.69) is 4.99 Å². The standard InChI is InChI=1S/C14H17NO2/c1-14(2)10-17-13(15-14)12(16-3)9-11-7-5-4-6-8-11/h4-9H,10H2,1-3H3. The average Bonchev–Trinajstić information content (AvgIpc) is 2.68. The summed E-state index contributed by atoms with van der Waals surface area (Å²) in [6.45, 7) is 4.67. The van der Waals surface area contributed by atoms with Gasteiger partial charge in [0.25, 0.3) is 5.90 Å². The molecule has 0 spiro atoms. The van der Waals surface area contributed by atoms with Crippen LogP contribution in [0.15, 0.2) is 41.1 Å². The molecular weight excluding hydrogens is 214 g/mol. The molecule has 2 rings (SSSR count). The number of aliphatic imine (C=N–C) groups is 1. The highest BCUT2D eigenvalue weighted by Crippen LogP contribution is 2.21. The topological polar surface area (TPSA) is 30.8 Å². The summed E-state index contributed by atoms with van der Waals surface area (Å²) >= 11 is 0. The first-order valence-electron chi connectivity index (χ1n) is 5.64. The molecule has 0 aliphatic carbocycles. The highest BCUT2D eigenvalue weighted by molar-refractivity contribution is 5.97. The molecule has 0 aromatic heterocycles. The van der Waals surface area contributed by atoms with Gasteiger partial charge in [-0.1, -0.05) is 30.3 Å². The first kappa shape index (κ1) is 11.7. The lowest BCUT2D eigenvalue weighted by atomic mass is 10.1. The van der Waals surface area contributed by atoms with Crippen molar-refractivity contribution in [2.24, 2.45) is 4.99 Å². The minimum Gasteiger partial charge on any atom is -0.491 e. The summed E-state index contributed by atoms with van der Waals surface area (Å²) < 4.78 is 10.9. The van der Waals surface area contributed by atoms with Gasteiger partial charge in [-0.3, -0.25) is 0 Å². The maximum Gasteiger partial charge on any atom is 0.253 e. The molecule has 0 radical (unpaired) electrons. The van der Waals surface area contributed by atoms with Gasteiger partial charge in [-0.05, 0) is 25.5 Å². The number of ether oxygens (including phenoxy) is 2. The first-order valence-corrected chi connectivity index (χ1v) is 5.64. The van der Waals surface area contributed by atoms with Crippen LogP contribution in [0.2, 0.25) is 0 Å². The smallest absolute Gasteiger partial charge is 0.253 e.